The molecular formula is C60H95FN12O23Si. The Kier molecular flexibility index (Phi) is 35.8. The van der Waals surface area contributed by atoms with Gasteiger partial charge in [-0.15, -0.1) is 0 Å². The number of amides is 8. The summed E-state index contributed by atoms with van der Waals surface area (Å²) in [6.07, 6.45) is -3.03. The molecule has 97 heavy (non-hydrogen) atoms. The molecule has 8 amide bonds. The lowest BCUT2D eigenvalue weighted by atomic mass is 10.1. The Balaban J connectivity index is 2.11. The molecule has 0 saturated carbocycles. The average molecular weight is 1400 g/mol. The number of carbonyl (C=O) groups is 15. The Labute approximate surface area is 560 Å². The molecule has 0 aromatic heterocycles. The number of nitrogens with one attached hydrogen (secondary N) is 8. The smallest absolute Gasteiger partial charge is 0.326 e. The molecule has 0 aliphatic carbocycles. The van der Waals surface area contributed by atoms with Gasteiger partial charge in [0, 0.05) is 103 Å². The molecule has 0 spiro atoms. The minimum atomic E-state index is -3.74. The van der Waals surface area contributed by atoms with Crippen LogP contribution in [0.1, 0.15) is 123 Å². The van der Waals surface area contributed by atoms with Gasteiger partial charge >= 0.3 is 53.8 Å². The van der Waals surface area contributed by atoms with Crippen LogP contribution in [-0.4, -0.2) is 286 Å². The van der Waals surface area contributed by atoms with Crippen molar-refractivity contribution in [2.45, 2.75) is 152 Å². The zero-order valence-electron chi connectivity index (χ0n) is 55.4. The molecule has 1 aliphatic rings. The molecule has 0 unspecified atom stereocenters. The third kappa shape index (κ3) is 32.1. The normalized spacial score (nSPS) is 15.5. The third-order valence-corrected chi connectivity index (χ3v) is 20.9. The van der Waals surface area contributed by atoms with Crippen LogP contribution < -0.4 is 47.7 Å². The van der Waals surface area contributed by atoms with Crippen LogP contribution in [0, 0.1) is 0 Å². The summed E-state index contributed by atoms with van der Waals surface area (Å²) in [6, 6.07) is -3.44. The van der Waals surface area contributed by atoms with Gasteiger partial charge in [-0.1, -0.05) is 53.7 Å². The van der Waals surface area contributed by atoms with Crippen LogP contribution in [0.5, 0.6) is 0 Å². The van der Waals surface area contributed by atoms with Gasteiger partial charge in [-0.25, -0.2) is 24.0 Å². The van der Waals surface area contributed by atoms with Crippen LogP contribution in [0.2, 0.25) is 10.1 Å². The third-order valence-electron chi connectivity index (χ3n) is 15.7. The monoisotopic (exact) mass is 1400 g/mol. The number of carbonyl (C=O) groups excluding carboxylic acids is 7. The van der Waals surface area contributed by atoms with E-state index in [-0.39, 0.29) is 123 Å². The van der Waals surface area contributed by atoms with Crippen LogP contribution in [-0.2, 0) is 62.3 Å². The number of aliphatic carboxylic acids is 8. The van der Waals surface area contributed by atoms with Crippen LogP contribution >= 0.6 is 0 Å². The fraction of sp³-hybridized carbons (Fsp3) is 0.650. The number of benzene rings is 1. The zero-order chi connectivity index (χ0) is 73.4. The molecule has 35 nitrogen and oxygen atoms in total. The van der Waals surface area contributed by atoms with E-state index in [4.69, 9.17) is 5.11 Å². The van der Waals surface area contributed by atoms with E-state index in [1.165, 1.54) is 34.1 Å². The lowest BCUT2D eigenvalue weighted by Gasteiger charge is -2.44. The SMILES string of the molecule is CC(C)(C)[Si](F)(c1ccc(C(=O)NC[C@H](NC(=O)CN2CCN(CC(=O)O)CCN(CC(=O)O)CCN(CC(=O)O)CC2)C(=O)N[C@H](CCCCNC(=O)CCC(=O)NCCC[C@@H](NC(=O)CC[C@H](NC(=O)N[C@@H](CCC(=O)O)C(=O)O)C(=O)O)C(=O)O)C(=O)O)cc1)C(C)(C)C. The summed E-state index contributed by atoms with van der Waals surface area (Å²) in [4.78, 5) is 192. The second kappa shape index (κ2) is 41.2. The summed E-state index contributed by atoms with van der Waals surface area (Å²) in [5.41, 5.74) is 0.0755. The van der Waals surface area contributed by atoms with Crippen molar-refractivity contribution in [2.24, 2.45) is 0 Å². The number of hydrogen-bond donors (Lipinski definition) is 16. The van der Waals surface area contributed by atoms with E-state index in [0.717, 1.165) is 0 Å². The molecule has 1 fully saturated rings. The molecule has 5 atom stereocenters. The molecule has 1 aromatic rings. The van der Waals surface area contributed by atoms with Crippen molar-refractivity contribution in [1.82, 2.24) is 62.1 Å². The highest BCUT2D eigenvalue weighted by molar-refractivity contribution is 6.90. The molecule has 1 heterocycles. The topological polar surface area (TPSA) is 527 Å². The fourth-order valence-corrected chi connectivity index (χ4v) is 15.3. The van der Waals surface area contributed by atoms with Crippen molar-refractivity contribution in [3.05, 3.63) is 29.8 Å². The Bertz CT molecular complexity index is 2870. The van der Waals surface area contributed by atoms with Gasteiger partial charge in [0.15, 0.2) is 0 Å². The molecule has 16 N–H and O–H groups in total. The van der Waals surface area contributed by atoms with E-state index in [2.05, 4.69) is 31.9 Å². The number of carboxylic acids is 8. The van der Waals surface area contributed by atoms with Crippen molar-refractivity contribution in [1.29, 1.82) is 0 Å². The molecule has 1 aromatic carbocycles. The fourth-order valence-electron chi connectivity index (χ4n) is 10.7. The first-order valence-corrected chi connectivity index (χ1v) is 33.4. The van der Waals surface area contributed by atoms with E-state index in [9.17, 15) is 108 Å². The van der Waals surface area contributed by atoms with Crippen LogP contribution in [0.4, 0.5) is 8.90 Å². The second-order valence-corrected chi connectivity index (χ2v) is 30.3. The quantitative estimate of drug-likeness (QED) is 0.0193. The summed E-state index contributed by atoms with van der Waals surface area (Å²) < 4.78 is 17.1. The molecule has 37 heteroatoms. The summed E-state index contributed by atoms with van der Waals surface area (Å²) in [5.74, 6) is -15.7. The highest BCUT2D eigenvalue weighted by atomic mass is 28.4. The highest BCUT2D eigenvalue weighted by Gasteiger charge is 2.56. The number of nitrogens with zero attached hydrogens (tertiary/aromatic N) is 4. The summed E-state index contributed by atoms with van der Waals surface area (Å²) in [5, 5.41) is 94.0. The molecule has 1 aliphatic heterocycles. The van der Waals surface area contributed by atoms with Crippen LogP contribution in [0.15, 0.2) is 24.3 Å². The molecule has 2 rings (SSSR count). The zero-order valence-corrected chi connectivity index (χ0v) is 56.4. The van der Waals surface area contributed by atoms with Gasteiger partial charge in [0.2, 0.25) is 29.5 Å². The first kappa shape index (κ1) is 84.1. The standard InChI is InChI=1S/C60H95FN12O23Si/c1-59(2,3)97(61,60(4,5)6)38-14-12-37(13-15-38)52(86)64-32-43(66-47(77)33-70-24-26-71(34-49(80)81)28-30-73(36-51(84)85)31-29-72(27-25-70)35-50(82)83)53(87)67-40(55(90)91)10-7-8-22-62-44(74)19-20-45(75)63-23-9-11-39(54(88)89)65-46(76)18-16-41(56(92)93)68-58(96)69-42(57(94)95)17-21-48(78)79/h12-15,39-43H,7-11,16-36H2,1-6H3,(H,62,74)(H,63,75)(H,64,86)(H,65,76)(H,66,77)(H,67,87)(H,78,79)(H,80,81)(H,82,83)(H,84,85)(H,88,89)(H,90,91)(H,92,93)(H,94,95)(H2,68,69,96)/t39-,40-,41+,42+,43+/m1/s1. The van der Waals surface area contributed by atoms with Gasteiger partial charge in [-0.2, -0.15) is 0 Å². The van der Waals surface area contributed by atoms with Crippen molar-refractivity contribution >= 4 is 103 Å². The highest BCUT2D eigenvalue weighted by Crippen LogP contribution is 2.51. The minimum Gasteiger partial charge on any atom is -0.481 e. The molecular weight excluding hydrogens is 1300 g/mol. The number of halogens is 1. The van der Waals surface area contributed by atoms with Gasteiger partial charge in [-0.05, 0) is 72.3 Å². The lowest BCUT2D eigenvalue weighted by molar-refractivity contribution is -0.143. The van der Waals surface area contributed by atoms with Crippen molar-refractivity contribution < 1.29 is 117 Å². The van der Waals surface area contributed by atoms with Crippen molar-refractivity contribution in [2.75, 3.05) is 98.2 Å². The average Bonchev–Trinajstić information content (AvgIpc) is 0.749. The number of urea groups is 1. The minimum absolute atomic E-state index is 0.00362. The lowest BCUT2D eigenvalue weighted by Crippen LogP contribution is -2.58. The van der Waals surface area contributed by atoms with E-state index < -0.39 is 190 Å². The molecule has 544 valence electrons. The van der Waals surface area contributed by atoms with E-state index in [0.29, 0.717) is 5.19 Å². The van der Waals surface area contributed by atoms with Gasteiger partial charge < -0.3 is 87.5 Å². The Morgan fingerprint density at radius 3 is 1.19 bits per heavy atom. The number of carboxylic acid groups (broad SMARTS) is 8. The first-order valence-electron chi connectivity index (χ1n) is 31.5. The number of unbranched alkanes of at least 4 members (excludes halogenated alkanes) is 1. The Morgan fingerprint density at radius 1 is 0.412 bits per heavy atom. The molecule has 0 radical (unpaired) electrons. The first-order chi connectivity index (χ1) is 45.2. The second-order valence-electron chi connectivity index (χ2n) is 25.4. The van der Waals surface area contributed by atoms with Crippen molar-refractivity contribution in [3.63, 3.8) is 0 Å². The van der Waals surface area contributed by atoms with Gasteiger partial charge in [0.05, 0.1) is 26.2 Å². The molecule has 1 saturated heterocycles. The largest absolute Gasteiger partial charge is 0.481 e. The van der Waals surface area contributed by atoms with Crippen molar-refractivity contribution in [3.8, 4) is 0 Å². The summed E-state index contributed by atoms with van der Waals surface area (Å²) in [7, 11) is -3.74. The summed E-state index contributed by atoms with van der Waals surface area (Å²) >= 11 is 0. The van der Waals surface area contributed by atoms with Gasteiger partial charge in [-0.3, -0.25) is 67.5 Å². The van der Waals surface area contributed by atoms with Crippen LogP contribution in [0.3, 0.4) is 0 Å². The van der Waals surface area contributed by atoms with Gasteiger partial charge in [0.1, 0.15) is 30.2 Å². The van der Waals surface area contributed by atoms with Crippen LogP contribution in [0.25, 0.3) is 0 Å². The van der Waals surface area contributed by atoms with E-state index in [1.807, 2.05) is 52.2 Å². The number of hydrogen-bond acceptors (Lipinski definition) is 19. The molecule has 0 bridgehead atoms. The predicted molar refractivity (Wildman–Crippen MR) is 343 cm³/mol. The van der Waals surface area contributed by atoms with Gasteiger partial charge in [0.25, 0.3) is 14.3 Å². The van der Waals surface area contributed by atoms with E-state index >= 15 is 4.11 Å². The maximum Gasteiger partial charge on any atom is 0.326 e. The predicted octanol–water partition coefficient (Wildman–Crippen LogP) is -1.95. The number of rotatable bonds is 40. The Morgan fingerprint density at radius 2 is 0.784 bits per heavy atom. The maximum atomic E-state index is 17.1. The maximum absolute atomic E-state index is 17.1. The Hall–Kier alpha value is -8.94. The van der Waals surface area contributed by atoms with E-state index in [1.54, 1.807) is 9.80 Å². The summed E-state index contributed by atoms with van der Waals surface area (Å²) in [6.45, 7) is 9.06.